The summed E-state index contributed by atoms with van der Waals surface area (Å²) in [5.41, 5.74) is 2.37. The maximum Gasteiger partial charge on any atom is 0.134 e. The quantitative estimate of drug-likeness (QED) is 0.808. The zero-order chi connectivity index (χ0) is 13.5. The molecule has 1 N–H and O–H groups in total. The molecule has 0 fully saturated rings. The molecular weight excluding hydrogens is 226 g/mol. The Morgan fingerprint density at radius 2 is 1.94 bits per heavy atom. The van der Waals surface area contributed by atoms with Crippen molar-refractivity contribution in [3.8, 4) is 5.75 Å². The number of aryl methyl sites for hydroxylation is 2. The number of rotatable bonds is 7. The molecule has 3 nitrogen and oxygen atoms in total. The van der Waals surface area contributed by atoms with Crippen molar-refractivity contribution in [2.75, 3.05) is 20.3 Å². The fourth-order valence-corrected chi connectivity index (χ4v) is 1.70. The third-order valence-corrected chi connectivity index (χ3v) is 2.74. The van der Waals surface area contributed by atoms with Crippen LogP contribution in [-0.4, -0.2) is 32.4 Å². The van der Waals surface area contributed by atoms with E-state index in [2.05, 4.69) is 51.2 Å². The van der Waals surface area contributed by atoms with E-state index in [1.54, 1.807) is 7.11 Å². The van der Waals surface area contributed by atoms with Gasteiger partial charge in [0.2, 0.25) is 0 Å². The summed E-state index contributed by atoms with van der Waals surface area (Å²) in [7, 11) is 1.70. The highest BCUT2D eigenvalue weighted by Gasteiger charge is 2.12. The Bertz CT molecular complexity index is 364. The van der Waals surface area contributed by atoms with Crippen LogP contribution in [-0.2, 0) is 4.74 Å². The van der Waals surface area contributed by atoms with E-state index in [1.807, 2.05) is 0 Å². The van der Waals surface area contributed by atoms with Crippen LogP contribution in [0.3, 0.4) is 0 Å². The van der Waals surface area contributed by atoms with Gasteiger partial charge in [0, 0.05) is 19.7 Å². The molecule has 0 amide bonds. The molecule has 1 aromatic rings. The summed E-state index contributed by atoms with van der Waals surface area (Å²) in [5, 5.41) is 3.38. The van der Waals surface area contributed by atoms with Crippen molar-refractivity contribution >= 4 is 0 Å². The van der Waals surface area contributed by atoms with E-state index in [-0.39, 0.29) is 6.10 Å². The van der Waals surface area contributed by atoms with Crippen LogP contribution in [0.5, 0.6) is 5.75 Å². The van der Waals surface area contributed by atoms with E-state index in [1.165, 1.54) is 5.56 Å². The lowest BCUT2D eigenvalue weighted by atomic mass is 10.1. The molecule has 0 bridgehead atoms. The first-order valence-corrected chi connectivity index (χ1v) is 6.49. The van der Waals surface area contributed by atoms with Gasteiger partial charge in [-0.3, -0.25) is 0 Å². The van der Waals surface area contributed by atoms with Crippen LogP contribution in [0, 0.1) is 13.8 Å². The number of nitrogens with one attached hydrogen (secondary N) is 1. The molecule has 1 aromatic carbocycles. The molecular formula is C15H25NO2. The summed E-state index contributed by atoms with van der Waals surface area (Å²) in [6.07, 6.45) is 0.0397. The Labute approximate surface area is 110 Å². The predicted octanol–water partition coefficient (Wildman–Crippen LogP) is 2.70. The van der Waals surface area contributed by atoms with Crippen molar-refractivity contribution in [2.24, 2.45) is 0 Å². The molecule has 1 atom stereocenters. The first-order valence-electron chi connectivity index (χ1n) is 6.49. The van der Waals surface area contributed by atoms with Crippen LogP contribution in [0.2, 0.25) is 0 Å². The third kappa shape index (κ3) is 5.07. The van der Waals surface area contributed by atoms with Crippen molar-refractivity contribution in [1.82, 2.24) is 5.32 Å². The van der Waals surface area contributed by atoms with Gasteiger partial charge in [0.25, 0.3) is 0 Å². The van der Waals surface area contributed by atoms with Crippen LogP contribution in [0.1, 0.15) is 25.0 Å². The molecule has 0 saturated heterocycles. The van der Waals surface area contributed by atoms with Crippen molar-refractivity contribution < 1.29 is 9.47 Å². The summed E-state index contributed by atoms with van der Waals surface area (Å²) in [5.74, 6) is 0.947. The van der Waals surface area contributed by atoms with Gasteiger partial charge in [-0.2, -0.15) is 0 Å². The normalized spacial score (nSPS) is 12.8. The summed E-state index contributed by atoms with van der Waals surface area (Å²) in [4.78, 5) is 0. The Morgan fingerprint density at radius 3 is 2.56 bits per heavy atom. The highest BCUT2D eigenvalue weighted by Crippen LogP contribution is 2.20. The summed E-state index contributed by atoms with van der Waals surface area (Å²) in [6.45, 7) is 9.77. The Hall–Kier alpha value is -1.06. The Kier molecular flexibility index (Phi) is 6.16. The van der Waals surface area contributed by atoms with E-state index in [9.17, 15) is 0 Å². The van der Waals surface area contributed by atoms with Gasteiger partial charge in [-0.05, 0) is 31.0 Å². The van der Waals surface area contributed by atoms with Crippen molar-refractivity contribution in [3.05, 3.63) is 29.3 Å². The molecule has 0 aliphatic carbocycles. The second kappa shape index (κ2) is 7.39. The standard InChI is InChI=1S/C15H25NO2/c1-11(2)16-9-14(10-17-5)18-15-8-12(3)6-7-13(15)4/h6-8,11,14,16H,9-10H2,1-5H3. The van der Waals surface area contributed by atoms with E-state index in [0.29, 0.717) is 12.6 Å². The molecule has 1 unspecified atom stereocenters. The van der Waals surface area contributed by atoms with Crippen LogP contribution < -0.4 is 10.1 Å². The van der Waals surface area contributed by atoms with Gasteiger partial charge in [0.1, 0.15) is 11.9 Å². The Balaban J connectivity index is 2.66. The van der Waals surface area contributed by atoms with Gasteiger partial charge in [-0.15, -0.1) is 0 Å². The fraction of sp³-hybridized carbons (Fsp3) is 0.600. The SMILES string of the molecule is COCC(CNC(C)C)Oc1cc(C)ccc1C. The second-order valence-electron chi connectivity index (χ2n) is 5.03. The highest BCUT2D eigenvalue weighted by molar-refractivity contribution is 5.36. The zero-order valence-electron chi connectivity index (χ0n) is 12.1. The lowest BCUT2D eigenvalue weighted by molar-refractivity contribution is 0.0789. The monoisotopic (exact) mass is 251 g/mol. The number of hydrogen-bond acceptors (Lipinski definition) is 3. The van der Waals surface area contributed by atoms with Gasteiger partial charge in [0.15, 0.2) is 0 Å². The number of ether oxygens (including phenoxy) is 2. The van der Waals surface area contributed by atoms with E-state index >= 15 is 0 Å². The molecule has 0 radical (unpaired) electrons. The molecule has 18 heavy (non-hydrogen) atoms. The van der Waals surface area contributed by atoms with Crippen LogP contribution in [0.15, 0.2) is 18.2 Å². The summed E-state index contributed by atoms with van der Waals surface area (Å²) >= 11 is 0. The van der Waals surface area contributed by atoms with Gasteiger partial charge in [-0.25, -0.2) is 0 Å². The molecule has 0 heterocycles. The second-order valence-corrected chi connectivity index (χ2v) is 5.03. The molecule has 0 aliphatic heterocycles. The minimum absolute atomic E-state index is 0.0397. The van der Waals surface area contributed by atoms with Gasteiger partial charge in [0.05, 0.1) is 6.61 Å². The minimum Gasteiger partial charge on any atom is -0.486 e. The largest absolute Gasteiger partial charge is 0.486 e. The molecule has 0 saturated carbocycles. The summed E-state index contributed by atoms with van der Waals surface area (Å²) < 4.78 is 11.2. The fourth-order valence-electron chi connectivity index (χ4n) is 1.70. The maximum atomic E-state index is 6.03. The van der Waals surface area contributed by atoms with Gasteiger partial charge in [-0.1, -0.05) is 26.0 Å². The zero-order valence-corrected chi connectivity index (χ0v) is 12.1. The molecule has 0 spiro atoms. The molecule has 1 rings (SSSR count). The van der Waals surface area contributed by atoms with Gasteiger partial charge >= 0.3 is 0 Å². The van der Waals surface area contributed by atoms with Crippen molar-refractivity contribution in [1.29, 1.82) is 0 Å². The Morgan fingerprint density at radius 1 is 1.22 bits per heavy atom. The maximum absolute atomic E-state index is 6.03. The number of methoxy groups -OCH3 is 1. The molecule has 3 heteroatoms. The predicted molar refractivity (Wildman–Crippen MR) is 75.3 cm³/mol. The minimum atomic E-state index is 0.0397. The van der Waals surface area contributed by atoms with Crippen LogP contribution in [0.4, 0.5) is 0 Å². The van der Waals surface area contributed by atoms with Crippen LogP contribution >= 0.6 is 0 Å². The third-order valence-electron chi connectivity index (χ3n) is 2.74. The first-order chi connectivity index (χ1) is 8.52. The molecule has 102 valence electrons. The average Bonchev–Trinajstić information content (AvgIpc) is 2.31. The molecule has 0 aromatic heterocycles. The lowest BCUT2D eigenvalue weighted by Gasteiger charge is -2.21. The van der Waals surface area contributed by atoms with Gasteiger partial charge < -0.3 is 14.8 Å². The summed E-state index contributed by atoms with van der Waals surface area (Å²) in [6, 6.07) is 6.71. The van der Waals surface area contributed by atoms with Crippen molar-refractivity contribution in [2.45, 2.75) is 39.8 Å². The smallest absolute Gasteiger partial charge is 0.134 e. The highest BCUT2D eigenvalue weighted by atomic mass is 16.5. The van der Waals surface area contributed by atoms with E-state index < -0.39 is 0 Å². The first kappa shape index (κ1) is 15.0. The number of hydrogen-bond donors (Lipinski definition) is 1. The van der Waals surface area contributed by atoms with E-state index in [4.69, 9.17) is 9.47 Å². The lowest BCUT2D eigenvalue weighted by Crippen LogP contribution is -2.38. The van der Waals surface area contributed by atoms with Crippen molar-refractivity contribution in [3.63, 3.8) is 0 Å². The molecule has 0 aliphatic rings. The van der Waals surface area contributed by atoms with E-state index in [0.717, 1.165) is 17.9 Å². The number of benzene rings is 1. The van der Waals surface area contributed by atoms with Crippen LogP contribution in [0.25, 0.3) is 0 Å². The average molecular weight is 251 g/mol. The topological polar surface area (TPSA) is 30.5 Å².